The molecule has 0 aliphatic heterocycles. The lowest BCUT2D eigenvalue weighted by Gasteiger charge is -2.16. The van der Waals surface area contributed by atoms with Crippen molar-refractivity contribution in [3.63, 3.8) is 0 Å². The number of benzene rings is 2. The Morgan fingerprint density at radius 2 is 1.67 bits per heavy atom. The van der Waals surface area contributed by atoms with Gasteiger partial charge in [0.05, 0.1) is 6.61 Å². The van der Waals surface area contributed by atoms with Crippen LogP contribution in [0.2, 0.25) is 0 Å². The molecular formula is C19H25NO. The van der Waals surface area contributed by atoms with Gasteiger partial charge in [0.15, 0.2) is 0 Å². The Morgan fingerprint density at radius 3 is 2.33 bits per heavy atom. The zero-order valence-electron chi connectivity index (χ0n) is 13.2. The van der Waals surface area contributed by atoms with Crippen LogP contribution in [-0.4, -0.2) is 12.6 Å². The van der Waals surface area contributed by atoms with Crippen LogP contribution < -0.4 is 10.5 Å². The average molecular weight is 283 g/mol. The van der Waals surface area contributed by atoms with Crippen molar-refractivity contribution in [3.05, 3.63) is 64.7 Å². The number of hydrogen-bond donors (Lipinski definition) is 1. The fraction of sp³-hybridized carbons (Fsp3) is 0.368. The van der Waals surface area contributed by atoms with Gasteiger partial charge in [-0.05, 0) is 68.0 Å². The highest BCUT2D eigenvalue weighted by molar-refractivity contribution is 5.34. The lowest BCUT2D eigenvalue weighted by molar-refractivity contribution is 0.297. The molecule has 0 fully saturated rings. The second-order valence-corrected chi connectivity index (χ2v) is 5.79. The minimum Gasteiger partial charge on any atom is -0.494 e. The lowest BCUT2D eigenvalue weighted by atomic mass is 9.96. The first-order valence-corrected chi connectivity index (χ1v) is 7.56. The van der Waals surface area contributed by atoms with Gasteiger partial charge >= 0.3 is 0 Å². The second-order valence-electron chi connectivity index (χ2n) is 5.79. The molecule has 0 aliphatic carbocycles. The van der Waals surface area contributed by atoms with E-state index in [2.05, 4.69) is 51.1 Å². The SMILES string of the molecule is Cc1cccc(OCCC(N)Cc2c(C)cccc2C)c1. The second kappa shape index (κ2) is 7.28. The van der Waals surface area contributed by atoms with Gasteiger partial charge in [0, 0.05) is 6.04 Å². The molecule has 0 aliphatic rings. The van der Waals surface area contributed by atoms with Crippen molar-refractivity contribution >= 4 is 0 Å². The molecule has 2 rings (SSSR count). The Bertz CT molecular complexity index is 572. The first kappa shape index (κ1) is 15.6. The third kappa shape index (κ3) is 4.61. The van der Waals surface area contributed by atoms with Gasteiger partial charge in [-0.25, -0.2) is 0 Å². The predicted octanol–water partition coefficient (Wildman–Crippen LogP) is 3.95. The standard InChI is InChI=1S/C19H25NO/c1-14-6-4-9-18(12-14)21-11-10-17(20)13-19-15(2)7-5-8-16(19)3/h4-9,12,17H,10-11,13,20H2,1-3H3. The van der Waals surface area contributed by atoms with E-state index in [4.69, 9.17) is 10.5 Å². The number of ether oxygens (including phenoxy) is 1. The highest BCUT2D eigenvalue weighted by Crippen LogP contribution is 2.16. The van der Waals surface area contributed by atoms with Crippen molar-refractivity contribution in [3.8, 4) is 5.75 Å². The lowest BCUT2D eigenvalue weighted by Crippen LogP contribution is -2.26. The number of hydrogen-bond acceptors (Lipinski definition) is 2. The molecule has 0 radical (unpaired) electrons. The van der Waals surface area contributed by atoms with Gasteiger partial charge in [-0.3, -0.25) is 0 Å². The number of aryl methyl sites for hydroxylation is 3. The molecule has 0 spiro atoms. The van der Waals surface area contributed by atoms with Crippen LogP contribution in [0.5, 0.6) is 5.75 Å². The summed E-state index contributed by atoms with van der Waals surface area (Å²) >= 11 is 0. The minimum atomic E-state index is 0.134. The fourth-order valence-electron chi connectivity index (χ4n) is 2.57. The molecule has 21 heavy (non-hydrogen) atoms. The molecule has 0 heterocycles. The Hall–Kier alpha value is -1.80. The maximum atomic E-state index is 6.26. The zero-order chi connectivity index (χ0) is 15.2. The van der Waals surface area contributed by atoms with Crippen LogP contribution in [0.4, 0.5) is 0 Å². The average Bonchev–Trinajstić information content (AvgIpc) is 2.43. The molecule has 2 aromatic carbocycles. The summed E-state index contributed by atoms with van der Waals surface area (Å²) in [6, 6.07) is 14.7. The third-order valence-electron chi connectivity index (χ3n) is 3.86. The van der Waals surface area contributed by atoms with Crippen LogP contribution in [-0.2, 0) is 6.42 Å². The topological polar surface area (TPSA) is 35.2 Å². The van der Waals surface area contributed by atoms with E-state index < -0.39 is 0 Å². The van der Waals surface area contributed by atoms with E-state index in [1.54, 1.807) is 0 Å². The summed E-state index contributed by atoms with van der Waals surface area (Å²) in [5.41, 5.74) is 11.5. The van der Waals surface area contributed by atoms with E-state index in [1.165, 1.54) is 22.3 Å². The van der Waals surface area contributed by atoms with E-state index >= 15 is 0 Å². The summed E-state index contributed by atoms with van der Waals surface area (Å²) in [6.45, 7) is 7.03. The van der Waals surface area contributed by atoms with E-state index in [-0.39, 0.29) is 6.04 Å². The highest BCUT2D eigenvalue weighted by atomic mass is 16.5. The first-order valence-electron chi connectivity index (χ1n) is 7.56. The zero-order valence-corrected chi connectivity index (χ0v) is 13.2. The summed E-state index contributed by atoms with van der Waals surface area (Å²) in [6.07, 6.45) is 1.78. The highest BCUT2D eigenvalue weighted by Gasteiger charge is 2.09. The van der Waals surface area contributed by atoms with Gasteiger partial charge in [0.2, 0.25) is 0 Å². The molecule has 2 aromatic rings. The van der Waals surface area contributed by atoms with E-state index in [0.29, 0.717) is 6.61 Å². The van der Waals surface area contributed by atoms with Crippen LogP contribution >= 0.6 is 0 Å². The van der Waals surface area contributed by atoms with Gasteiger partial charge in [-0.15, -0.1) is 0 Å². The van der Waals surface area contributed by atoms with Crippen molar-refractivity contribution in [1.82, 2.24) is 0 Å². The van der Waals surface area contributed by atoms with Gasteiger partial charge in [-0.2, -0.15) is 0 Å². The molecular weight excluding hydrogens is 258 g/mol. The Balaban J connectivity index is 1.84. The quantitative estimate of drug-likeness (QED) is 0.871. The van der Waals surface area contributed by atoms with Crippen LogP contribution in [0.25, 0.3) is 0 Å². The van der Waals surface area contributed by atoms with Crippen LogP contribution in [0, 0.1) is 20.8 Å². The Kier molecular flexibility index (Phi) is 5.40. The van der Waals surface area contributed by atoms with Gasteiger partial charge in [0.25, 0.3) is 0 Å². The summed E-state index contributed by atoms with van der Waals surface area (Å²) in [4.78, 5) is 0. The Morgan fingerprint density at radius 1 is 1.00 bits per heavy atom. The van der Waals surface area contributed by atoms with Crippen LogP contribution in [0.3, 0.4) is 0 Å². The molecule has 2 nitrogen and oxygen atoms in total. The molecule has 1 atom stereocenters. The Labute approximate surface area is 127 Å². The van der Waals surface area contributed by atoms with Crippen molar-refractivity contribution in [2.24, 2.45) is 5.73 Å². The summed E-state index contributed by atoms with van der Waals surface area (Å²) in [5, 5.41) is 0. The minimum absolute atomic E-state index is 0.134. The van der Waals surface area contributed by atoms with E-state index in [0.717, 1.165) is 18.6 Å². The molecule has 0 saturated carbocycles. The number of nitrogens with two attached hydrogens (primary N) is 1. The molecule has 0 bridgehead atoms. The van der Waals surface area contributed by atoms with Crippen molar-refractivity contribution in [1.29, 1.82) is 0 Å². The number of rotatable bonds is 6. The van der Waals surface area contributed by atoms with Crippen molar-refractivity contribution < 1.29 is 4.74 Å². The van der Waals surface area contributed by atoms with Crippen molar-refractivity contribution in [2.45, 2.75) is 39.7 Å². The molecule has 2 N–H and O–H groups in total. The maximum absolute atomic E-state index is 6.26. The summed E-state index contributed by atoms with van der Waals surface area (Å²) in [5.74, 6) is 0.925. The maximum Gasteiger partial charge on any atom is 0.119 e. The van der Waals surface area contributed by atoms with E-state index in [1.807, 2.05) is 12.1 Å². The smallest absolute Gasteiger partial charge is 0.119 e. The largest absolute Gasteiger partial charge is 0.494 e. The molecule has 1 unspecified atom stereocenters. The normalized spacial score (nSPS) is 12.2. The van der Waals surface area contributed by atoms with E-state index in [9.17, 15) is 0 Å². The first-order chi connectivity index (χ1) is 10.1. The van der Waals surface area contributed by atoms with Gasteiger partial charge < -0.3 is 10.5 Å². The molecule has 0 amide bonds. The third-order valence-corrected chi connectivity index (χ3v) is 3.86. The van der Waals surface area contributed by atoms with Crippen LogP contribution in [0.15, 0.2) is 42.5 Å². The van der Waals surface area contributed by atoms with Gasteiger partial charge in [0.1, 0.15) is 5.75 Å². The monoisotopic (exact) mass is 283 g/mol. The predicted molar refractivity (Wildman–Crippen MR) is 88.9 cm³/mol. The van der Waals surface area contributed by atoms with Crippen LogP contribution in [0.1, 0.15) is 28.7 Å². The summed E-state index contributed by atoms with van der Waals surface area (Å²) < 4.78 is 5.78. The van der Waals surface area contributed by atoms with Gasteiger partial charge in [-0.1, -0.05) is 30.3 Å². The summed E-state index contributed by atoms with van der Waals surface area (Å²) in [7, 11) is 0. The molecule has 0 aromatic heterocycles. The van der Waals surface area contributed by atoms with Crippen molar-refractivity contribution in [2.75, 3.05) is 6.61 Å². The molecule has 0 saturated heterocycles. The fourth-order valence-corrected chi connectivity index (χ4v) is 2.57. The molecule has 2 heteroatoms. The molecule has 112 valence electrons.